The van der Waals surface area contributed by atoms with Crippen LogP contribution in [0.3, 0.4) is 0 Å². The lowest BCUT2D eigenvalue weighted by Crippen LogP contribution is -3.10. The third kappa shape index (κ3) is 4.63. The molecule has 0 unspecified atom stereocenters. The molecule has 0 aromatic heterocycles. The lowest BCUT2D eigenvalue weighted by molar-refractivity contribution is -0.887. The van der Waals surface area contributed by atoms with E-state index in [0.29, 0.717) is 6.61 Å². The largest absolute Gasteiger partial charge is 0.363 e. The van der Waals surface area contributed by atoms with E-state index in [-0.39, 0.29) is 11.9 Å². The van der Waals surface area contributed by atoms with E-state index < -0.39 is 0 Å². The van der Waals surface area contributed by atoms with E-state index in [1.807, 2.05) is 24.3 Å². The first-order chi connectivity index (χ1) is 11.2. The Hall–Kier alpha value is -1.23. The summed E-state index contributed by atoms with van der Waals surface area (Å²) < 4.78 is 20.5. The van der Waals surface area contributed by atoms with Crippen molar-refractivity contribution >= 4 is 15.9 Å². The third-order valence-corrected chi connectivity index (χ3v) is 4.92. The van der Waals surface area contributed by atoms with Gasteiger partial charge in [-0.1, -0.05) is 40.2 Å². The van der Waals surface area contributed by atoms with Gasteiger partial charge in [-0.05, 0) is 35.4 Å². The van der Waals surface area contributed by atoms with Crippen molar-refractivity contribution in [1.82, 2.24) is 0 Å². The van der Waals surface area contributed by atoms with Crippen molar-refractivity contribution in [1.29, 1.82) is 0 Å². The van der Waals surface area contributed by atoms with Crippen LogP contribution in [0.1, 0.15) is 30.1 Å². The number of rotatable bonds is 6. The van der Waals surface area contributed by atoms with Crippen molar-refractivity contribution in [2.24, 2.45) is 0 Å². The van der Waals surface area contributed by atoms with Gasteiger partial charge in [-0.2, -0.15) is 0 Å². The molecule has 0 amide bonds. The molecule has 0 spiro atoms. The highest BCUT2D eigenvalue weighted by Gasteiger charge is 2.18. The highest BCUT2D eigenvalue weighted by molar-refractivity contribution is 9.10. The molecular formula is C19H22BrFNO+. The van der Waals surface area contributed by atoms with Crippen molar-refractivity contribution in [3.05, 3.63) is 69.9 Å². The summed E-state index contributed by atoms with van der Waals surface area (Å²) in [6.45, 7) is 4.26. The predicted molar refractivity (Wildman–Crippen MR) is 93.1 cm³/mol. The van der Waals surface area contributed by atoms with Crippen LogP contribution in [-0.2, 0) is 4.74 Å². The number of hydrogen-bond acceptors (Lipinski definition) is 1. The molecule has 2 aromatic carbocycles. The molecule has 4 heteroatoms. The zero-order chi connectivity index (χ0) is 16.1. The summed E-state index contributed by atoms with van der Waals surface area (Å²) in [6.07, 6.45) is 2.50. The smallest absolute Gasteiger partial charge is 0.123 e. The molecule has 2 nitrogen and oxygen atoms in total. The van der Waals surface area contributed by atoms with Crippen LogP contribution in [0.25, 0.3) is 0 Å². The first-order valence-corrected chi connectivity index (χ1v) is 8.98. The molecule has 1 saturated heterocycles. The fraction of sp³-hybridized carbons (Fsp3) is 0.368. The van der Waals surface area contributed by atoms with E-state index in [0.717, 1.165) is 22.1 Å². The van der Waals surface area contributed by atoms with Gasteiger partial charge < -0.3 is 9.64 Å². The number of nitrogens with one attached hydrogen (secondary N) is 1. The van der Waals surface area contributed by atoms with Gasteiger partial charge in [0.25, 0.3) is 0 Å². The molecule has 0 aliphatic carbocycles. The summed E-state index contributed by atoms with van der Waals surface area (Å²) in [5.41, 5.74) is 2.08. The number of quaternary nitrogens is 1. The lowest BCUT2D eigenvalue weighted by Gasteiger charge is -2.20. The average molecular weight is 379 g/mol. The first kappa shape index (κ1) is 16.6. The van der Waals surface area contributed by atoms with Gasteiger partial charge >= 0.3 is 0 Å². The van der Waals surface area contributed by atoms with E-state index >= 15 is 0 Å². The van der Waals surface area contributed by atoms with Crippen LogP contribution in [0.15, 0.2) is 53.0 Å². The number of ether oxygens (including phenoxy) is 1. The zero-order valence-corrected chi connectivity index (χ0v) is 14.7. The Kier molecular flexibility index (Phi) is 5.81. The molecule has 3 rings (SSSR count). The lowest BCUT2D eigenvalue weighted by atomic mass is 10.0. The standard InChI is InChI=1S/C19H21BrFNO/c20-17-7-3-15(4-8-17)19(16-5-9-18(21)10-6-16)23-14-13-22-11-1-2-12-22/h3-10,19H,1-2,11-14H2/p+1/t19-/m1/s1. The van der Waals surface area contributed by atoms with E-state index in [1.165, 1.54) is 38.1 Å². The molecule has 1 atom stereocenters. The van der Waals surface area contributed by atoms with E-state index in [2.05, 4.69) is 28.1 Å². The second-order valence-electron chi connectivity index (χ2n) is 6.06. The molecule has 1 fully saturated rings. The van der Waals surface area contributed by atoms with Crippen LogP contribution >= 0.6 is 15.9 Å². The van der Waals surface area contributed by atoms with Crippen molar-refractivity contribution in [2.45, 2.75) is 18.9 Å². The Morgan fingerprint density at radius 1 is 0.957 bits per heavy atom. The molecule has 122 valence electrons. The van der Waals surface area contributed by atoms with Gasteiger partial charge in [0.1, 0.15) is 18.5 Å². The number of likely N-dealkylation sites (tertiary alicyclic amines) is 1. The molecule has 0 radical (unpaired) electrons. The van der Waals surface area contributed by atoms with Gasteiger partial charge in [0.2, 0.25) is 0 Å². The van der Waals surface area contributed by atoms with Crippen molar-refractivity contribution in [3.8, 4) is 0 Å². The number of halogens is 2. The molecule has 0 bridgehead atoms. The zero-order valence-electron chi connectivity index (χ0n) is 13.1. The summed E-state index contributed by atoms with van der Waals surface area (Å²) in [5, 5.41) is 0. The summed E-state index contributed by atoms with van der Waals surface area (Å²) in [4.78, 5) is 1.62. The van der Waals surface area contributed by atoms with Crippen LogP contribution in [-0.4, -0.2) is 26.2 Å². The van der Waals surface area contributed by atoms with Gasteiger partial charge in [-0.25, -0.2) is 4.39 Å². The highest BCUT2D eigenvalue weighted by atomic mass is 79.9. The summed E-state index contributed by atoms with van der Waals surface area (Å²) in [7, 11) is 0. The van der Waals surface area contributed by atoms with Crippen LogP contribution < -0.4 is 4.90 Å². The van der Waals surface area contributed by atoms with Crippen LogP contribution in [0.4, 0.5) is 4.39 Å². The predicted octanol–water partition coefficient (Wildman–Crippen LogP) is 3.37. The Morgan fingerprint density at radius 3 is 2.13 bits per heavy atom. The summed E-state index contributed by atoms with van der Waals surface area (Å²) >= 11 is 3.46. The van der Waals surface area contributed by atoms with Crippen LogP contribution in [0, 0.1) is 5.82 Å². The molecule has 23 heavy (non-hydrogen) atoms. The van der Waals surface area contributed by atoms with Crippen molar-refractivity contribution < 1.29 is 14.0 Å². The molecule has 1 heterocycles. The fourth-order valence-electron chi connectivity index (χ4n) is 3.11. The maximum Gasteiger partial charge on any atom is 0.123 e. The minimum atomic E-state index is -0.218. The molecule has 0 saturated carbocycles. The van der Waals surface area contributed by atoms with Gasteiger partial charge in [-0.15, -0.1) is 0 Å². The van der Waals surface area contributed by atoms with Gasteiger partial charge in [0.05, 0.1) is 19.7 Å². The minimum Gasteiger partial charge on any atom is -0.363 e. The van der Waals surface area contributed by atoms with E-state index in [1.54, 1.807) is 4.90 Å². The maximum absolute atomic E-state index is 13.2. The Balaban J connectivity index is 1.72. The highest BCUT2D eigenvalue weighted by Crippen LogP contribution is 2.27. The number of benzene rings is 2. The van der Waals surface area contributed by atoms with E-state index in [4.69, 9.17) is 4.74 Å². The van der Waals surface area contributed by atoms with Gasteiger partial charge in [-0.3, -0.25) is 0 Å². The van der Waals surface area contributed by atoms with Crippen LogP contribution in [0.2, 0.25) is 0 Å². The Labute approximate surface area is 145 Å². The number of hydrogen-bond donors (Lipinski definition) is 1. The summed E-state index contributed by atoms with van der Waals surface area (Å²) in [6, 6.07) is 14.8. The van der Waals surface area contributed by atoms with E-state index in [9.17, 15) is 4.39 Å². The van der Waals surface area contributed by atoms with Crippen LogP contribution in [0.5, 0.6) is 0 Å². The molecule has 1 N–H and O–H groups in total. The minimum absolute atomic E-state index is 0.147. The van der Waals surface area contributed by atoms with Crippen molar-refractivity contribution in [3.63, 3.8) is 0 Å². The quantitative estimate of drug-likeness (QED) is 0.813. The van der Waals surface area contributed by atoms with Crippen molar-refractivity contribution in [2.75, 3.05) is 26.2 Å². The Bertz CT molecular complexity index is 563. The SMILES string of the molecule is Fc1ccc([C@H](OCC[NH+]2CCCC2)c2ccc(Br)cc2)cc1. The molecule has 1 aliphatic heterocycles. The maximum atomic E-state index is 13.2. The van der Waals surface area contributed by atoms with Gasteiger partial charge in [0, 0.05) is 17.3 Å². The first-order valence-electron chi connectivity index (χ1n) is 8.18. The monoisotopic (exact) mass is 378 g/mol. The fourth-order valence-corrected chi connectivity index (χ4v) is 3.37. The normalized spacial score (nSPS) is 16.6. The summed E-state index contributed by atoms with van der Waals surface area (Å²) in [5.74, 6) is -0.218. The average Bonchev–Trinajstić information content (AvgIpc) is 3.07. The molecular weight excluding hydrogens is 357 g/mol. The molecule has 1 aliphatic rings. The third-order valence-electron chi connectivity index (χ3n) is 4.40. The van der Waals surface area contributed by atoms with Gasteiger partial charge in [0.15, 0.2) is 0 Å². The second-order valence-corrected chi connectivity index (χ2v) is 6.98. The topological polar surface area (TPSA) is 13.7 Å². The molecule has 2 aromatic rings. The second kappa shape index (κ2) is 8.04. The Morgan fingerprint density at radius 2 is 1.52 bits per heavy atom.